The van der Waals surface area contributed by atoms with E-state index in [1.165, 1.54) is 0 Å². The molecule has 1 N–H and O–H groups in total. The Labute approximate surface area is 116 Å². The predicted octanol–water partition coefficient (Wildman–Crippen LogP) is 2.28. The van der Waals surface area contributed by atoms with E-state index in [0.717, 1.165) is 38.5 Å². The molecule has 110 valence electrons. The summed E-state index contributed by atoms with van der Waals surface area (Å²) >= 11 is 0. The van der Waals surface area contributed by atoms with Crippen molar-refractivity contribution in [2.75, 3.05) is 7.11 Å². The Morgan fingerprint density at radius 3 is 2.74 bits per heavy atom. The van der Waals surface area contributed by atoms with Crippen LogP contribution in [0.1, 0.15) is 59.3 Å². The molecule has 0 bridgehead atoms. The number of amides is 1. The number of hydrogen-bond donors (Lipinski definition) is 1. The molecular weight excluding hydrogens is 240 g/mol. The molecule has 19 heavy (non-hydrogen) atoms. The summed E-state index contributed by atoms with van der Waals surface area (Å²) in [5, 5.41) is 3.56. The Morgan fingerprint density at radius 1 is 1.42 bits per heavy atom. The molecule has 0 aromatic rings. The largest absolute Gasteiger partial charge is 0.379 e. The fourth-order valence-corrected chi connectivity index (χ4v) is 3.54. The summed E-state index contributed by atoms with van der Waals surface area (Å²) in [6.07, 6.45) is 6.66. The van der Waals surface area contributed by atoms with Gasteiger partial charge < -0.3 is 9.64 Å². The first kappa shape index (κ1) is 14.8. The summed E-state index contributed by atoms with van der Waals surface area (Å²) < 4.78 is 5.59. The number of carbonyl (C=O) groups excluding carboxylic acids is 1. The summed E-state index contributed by atoms with van der Waals surface area (Å²) in [4.78, 5) is 14.9. The van der Waals surface area contributed by atoms with Gasteiger partial charge in [-0.1, -0.05) is 20.3 Å². The van der Waals surface area contributed by atoms with Gasteiger partial charge in [-0.15, -0.1) is 0 Å². The van der Waals surface area contributed by atoms with E-state index in [-0.39, 0.29) is 29.8 Å². The van der Waals surface area contributed by atoms with E-state index in [1.54, 1.807) is 7.11 Å². The summed E-state index contributed by atoms with van der Waals surface area (Å²) in [7, 11) is 1.77. The topological polar surface area (TPSA) is 41.6 Å². The number of ether oxygens (including phenoxy) is 1. The van der Waals surface area contributed by atoms with Crippen LogP contribution >= 0.6 is 0 Å². The minimum Gasteiger partial charge on any atom is -0.379 e. The molecule has 1 aliphatic carbocycles. The van der Waals surface area contributed by atoms with Crippen molar-refractivity contribution >= 4 is 5.91 Å². The van der Waals surface area contributed by atoms with Crippen LogP contribution in [0.2, 0.25) is 0 Å². The van der Waals surface area contributed by atoms with Gasteiger partial charge in [0.1, 0.15) is 0 Å². The van der Waals surface area contributed by atoms with E-state index in [9.17, 15) is 4.79 Å². The molecule has 4 atom stereocenters. The van der Waals surface area contributed by atoms with Crippen LogP contribution < -0.4 is 5.32 Å². The van der Waals surface area contributed by atoms with E-state index in [4.69, 9.17) is 4.74 Å². The van der Waals surface area contributed by atoms with Crippen molar-refractivity contribution < 1.29 is 9.53 Å². The zero-order valence-electron chi connectivity index (χ0n) is 12.7. The second kappa shape index (κ2) is 5.80. The zero-order valence-corrected chi connectivity index (χ0v) is 12.7. The quantitative estimate of drug-likeness (QED) is 0.831. The molecule has 4 heteroatoms. The van der Waals surface area contributed by atoms with Gasteiger partial charge in [-0.3, -0.25) is 10.1 Å². The van der Waals surface area contributed by atoms with Crippen LogP contribution in [0.4, 0.5) is 0 Å². The van der Waals surface area contributed by atoms with Crippen molar-refractivity contribution in [2.45, 2.75) is 83.1 Å². The molecule has 2 fully saturated rings. The molecule has 2 rings (SSSR count). The van der Waals surface area contributed by atoms with Crippen LogP contribution in [0.15, 0.2) is 0 Å². The smallest absolute Gasteiger partial charge is 0.244 e. The van der Waals surface area contributed by atoms with Crippen molar-refractivity contribution in [3.05, 3.63) is 0 Å². The van der Waals surface area contributed by atoms with E-state index in [2.05, 4.69) is 24.1 Å². The highest BCUT2D eigenvalue weighted by Gasteiger charge is 2.50. The Morgan fingerprint density at radius 2 is 2.16 bits per heavy atom. The lowest BCUT2D eigenvalue weighted by molar-refractivity contribution is -0.137. The molecule has 0 aromatic heterocycles. The van der Waals surface area contributed by atoms with Gasteiger partial charge in [0.2, 0.25) is 5.91 Å². The number of rotatable bonds is 5. The molecule has 1 aliphatic heterocycles. The normalized spacial score (nSPS) is 39.3. The molecule has 4 nitrogen and oxygen atoms in total. The maximum absolute atomic E-state index is 12.8. The van der Waals surface area contributed by atoms with Gasteiger partial charge in [0, 0.05) is 7.11 Å². The molecule has 1 heterocycles. The third-order valence-electron chi connectivity index (χ3n) is 4.87. The highest BCUT2D eigenvalue weighted by molar-refractivity contribution is 5.88. The summed E-state index contributed by atoms with van der Waals surface area (Å²) in [5.41, 5.74) is -0.388. The summed E-state index contributed by atoms with van der Waals surface area (Å²) in [5.74, 6) is 0.266. The molecule has 1 saturated carbocycles. The van der Waals surface area contributed by atoms with Gasteiger partial charge in [-0.25, -0.2) is 0 Å². The molecule has 4 unspecified atom stereocenters. The van der Waals surface area contributed by atoms with Crippen LogP contribution in [-0.4, -0.2) is 41.8 Å². The van der Waals surface area contributed by atoms with Crippen LogP contribution in [0.5, 0.6) is 0 Å². The lowest BCUT2D eigenvalue weighted by atomic mass is 9.98. The molecular formula is C15H28N2O2. The number of carbonyl (C=O) groups is 1. The third kappa shape index (κ3) is 2.52. The lowest BCUT2D eigenvalue weighted by Gasteiger charge is -2.33. The number of methoxy groups -OCH3 is 1. The number of nitrogens with one attached hydrogen (secondary N) is 1. The SMILES string of the molecule is CCCC1NC(C)(CC)C(=O)N1C1CCCC1OC. The van der Waals surface area contributed by atoms with Crippen LogP contribution in [0, 0.1) is 0 Å². The first-order valence-electron chi connectivity index (χ1n) is 7.70. The maximum atomic E-state index is 12.8. The highest BCUT2D eigenvalue weighted by atomic mass is 16.5. The van der Waals surface area contributed by atoms with Crippen molar-refractivity contribution in [1.82, 2.24) is 10.2 Å². The van der Waals surface area contributed by atoms with Crippen molar-refractivity contribution in [1.29, 1.82) is 0 Å². The molecule has 0 radical (unpaired) electrons. The zero-order chi connectivity index (χ0) is 14.0. The maximum Gasteiger partial charge on any atom is 0.244 e. The van der Waals surface area contributed by atoms with Crippen LogP contribution in [-0.2, 0) is 9.53 Å². The first-order chi connectivity index (χ1) is 9.07. The van der Waals surface area contributed by atoms with Gasteiger partial charge in [-0.05, 0) is 39.0 Å². The van der Waals surface area contributed by atoms with Gasteiger partial charge in [-0.2, -0.15) is 0 Å². The number of nitrogens with zero attached hydrogens (tertiary/aromatic N) is 1. The Hall–Kier alpha value is -0.610. The Kier molecular flexibility index (Phi) is 4.51. The average Bonchev–Trinajstić information content (AvgIpc) is 2.95. The number of hydrogen-bond acceptors (Lipinski definition) is 3. The summed E-state index contributed by atoms with van der Waals surface area (Å²) in [6.45, 7) is 6.29. The molecule has 0 spiro atoms. The highest BCUT2D eigenvalue weighted by Crippen LogP contribution is 2.34. The minimum atomic E-state index is -0.388. The lowest BCUT2D eigenvalue weighted by Crippen LogP contribution is -2.48. The fraction of sp³-hybridized carbons (Fsp3) is 0.933. The predicted molar refractivity (Wildman–Crippen MR) is 75.8 cm³/mol. The second-order valence-electron chi connectivity index (χ2n) is 6.12. The molecule has 1 amide bonds. The van der Waals surface area contributed by atoms with E-state index in [0.29, 0.717) is 0 Å². The van der Waals surface area contributed by atoms with Gasteiger partial charge in [0.25, 0.3) is 0 Å². The fourth-order valence-electron chi connectivity index (χ4n) is 3.54. The Bertz CT molecular complexity index is 334. The third-order valence-corrected chi connectivity index (χ3v) is 4.87. The second-order valence-corrected chi connectivity index (χ2v) is 6.12. The molecule has 1 saturated heterocycles. The van der Waals surface area contributed by atoms with E-state index >= 15 is 0 Å². The van der Waals surface area contributed by atoms with Gasteiger partial charge in [0.05, 0.1) is 23.9 Å². The Balaban J connectivity index is 2.22. The van der Waals surface area contributed by atoms with Crippen molar-refractivity contribution in [3.63, 3.8) is 0 Å². The van der Waals surface area contributed by atoms with E-state index in [1.807, 2.05) is 6.92 Å². The summed E-state index contributed by atoms with van der Waals surface area (Å²) in [6, 6.07) is 0.259. The standard InChI is InChI=1S/C15H28N2O2/c1-5-8-13-16-15(3,6-2)14(18)17(13)11-9-7-10-12(11)19-4/h11-13,16H,5-10H2,1-4H3. The van der Waals surface area contributed by atoms with Crippen molar-refractivity contribution in [2.24, 2.45) is 0 Å². The van der Waals surface area contributed by atoms with E-state index < -0.39 is 0 Å². The molecule has 0 aromatic carbocycles. The van der Waals surface area contributed by atoms with Crippen molar-refractivity contribution in [3.8, 4) is 0 Å². The van der Waals surface area contributed by atoms with Gasteiger partial charge in [0.15, 0.2) is 0 Å². The first-order valence-corrected chi connectivity index (χ1v) is 7.70. The monoisotopic (exact) mass is 268 g/mol. The minimum absolute atomic E-state index is 0.184. The van der Waals surface area contributed by atoms with Crippen LogP contribution in [0.3, 0.4) is 0 Å². The molecule has 2 aliphatic rings. The average molecular weight is 268 g/mol. The van der Waals surface area contributed by atoms with Gasteiger partial charge >= 0.3 is 0 Å². The van der Waals surface area contributed by atoms with Crippen LogP contribution in [0.25, 0.3) is 0 Å².